The number of ketones is 3. The maximum absolute atomic E-state index is 13.4. The van der Waals surface area contributed by atoms with E-state index in [0.29, 0.717) is 41.2 Å². The summed E-state index contributed by atoms with van der Waals surface area (Å²) in [6, 6.07) is 13.9. The van der Waals surface area contributed by atoms with Crippen molar-refractivity contribution in [3.63, 3.8) is 0 Å². The predicted octanol–water partition coefficient (Wildman–Crippen LogP) is 2.84. The van der Waals surface area contributed by atoms with Crippen molar-refractivity contribution < 1.29 is 14.4 Å². The van der Waals surface area contributed by atoms with Crippen LogP contribution in [0.25, 0.3) is 0 Å². The third kappa shape index (κ3) is 3.59. The maximum Gasteiger partial charge on any atom is 0.212 e. The van der Waals surface area contributed by atoms with Crippen molar-refractivity contribution in [2.45, 2.75) is 6.92 Å². The molecule has 1 saturated heterocycles. The molecule has 1 aliphatic heterocycles. The SMILES string of the molecule is CC(=O)c1cccc(NC2=C(N3CCN(C)CC3)C(=O)c3ccccc3C2=O)c1. The zero-order valence-electron chi connectivity index (χ0n) is 16.6. The van der Waals surface area contributed by atoms with Crippen molar-refractivity contribution in [2.75, 3.05) is 38.5 Å². The summed E-state index contributed by atoms with van der Waals surface area (Å²) in [6.07, 6.45) is 0. The second-order valence-electron chi connectivity index (χ2n) is 7.48. The molecule has 0 amide bonds. The number of fused-ring (bicyclic) bond motifs is 1. The first-order valence-corrected chi connectivity index (χ1v) is 9.70. The van der Waals surface area contributed by atoms with Crippen LogP contribution in [0, 0.1) is 0 Å². The van der Waals surface area contributed by atoms with Crippen molar-refractivity contribution in [1.29, 1.82) is 0 Å². The number of nitrogens with one attached hydrogen (secondary N) is 1. The second kappa shape index (κ2) is 7.64. The van der Waals surface area contributed by atoms with Gasteiger partial charge in [0, 0.05) is 48.6 Å². The highest BCUT2D eigenvalue weighted by Gasteiger charge is 2.36. The third-order valence-corrected chi connectivity index (χ3v) is 5.45. The molecule has 29 heavy (non-hydrogen) atoms. The number of hydrogen-bond donors (Lipinski definition) is 1. The molecule has 0 aromatic heterocycles. The minimum absolute atomic E-state index is 0.0571. The standard InChI is InChI=1S/C23H23N3O3/c1-15(27)16-6-5-7-17(14-16)24-20-21(26-12-10-25(2)11-13-26)23(29)19-9-4-3-8-18(19)22(20)28/h3-9,14,24H,10-13H2,1-2H3. The van der Waals surface area contributed by atoms with Crippen LogP contribution in [0.15, 0.2) is 59.9 Å². The normalized spacial score (nSPS) is 17.4. The van der Waals surface area contributed by atoms with Crippen molar-refractivity contribution in [3.05, 3.63) is 76.6 Å². The van der Waals surface area contributed by atoms with Gasteiger partial charge in [-0.2, -0.15) is 0 Å². The van der Waals surface area contributed by atoms with Gasteiger partial charge in [0.1, 0.15) is 11.4 Å². The molecule has 6 heteroatoms. The van der Waals surface area contributed by atoms with Crippen molar-refractivity contribution in [2.24, 2.45) is 0 Å². The number of allylic oxidation sites excluding steroid dienone is 2. The van der Waals surface area contributed by atoms with Crippen LogP contribution in [0.3, 0.4) is 0 Å². The quantitative estimate of drug-likeness (QED) is 0.811. The minimum atomic E-state index is -0.206. The Morgan fingerprint density at radius 3 is 2.21 bits per heavy atom. The molecular weight excluding hydrogens is 366 g/mol. The molecule has 0 bridgehead atoms. The lowest BCUT2D eigenvalue weighted by Gasteiger charge is -2.37. The van der Waals surface area contributed by atoms with Crippen LogP contribution < -0.4 is 5.32 Å². The Labute approximate surface area is 169 Å². The van der Waals surface area contributed by atoms with Gasteiger partial charge in [0.2, 0.25) is 11.6 Å². The highest BCUT2D eigenvalue weighted by atomic mass is 16.1. The van der Waals surface area contributed by atoms with E-state index in [1.807, 2.05) is 11.9 Å². The molecule has 1 N–H and O–H groups in total. The number of likely N-dealkylation sites (N-methyl/N-ethyl adjacent to an activating group) is 1. The van der Waals surface area contributed by atoms with Crippen LogP contribution in [0.4, 0.5) is 5.69 Å². The number of hydrogen-bond acceptors (Lipinski definition) is 6. The van der Waals surface area contributed by atoms with Gasteiger partial charge in [-0.3, -0.25) is 14.4 Å². The summed E-state index contributed by atoms with van der Waals surface area (Å²) in [4.78, 5) is 42.6. The van der Waals surface area contributed by atoms with Gasteiger partial charge in [-0.1, -0.05) is 36.4 Å². The molecule has 0 spiro atoms. The molecular formula is C23H23N3O3. The molecule has 0 atom stereocenters. The Hall–Kier alpha value is -3.25. The topological polar surface area (TPSA) is 69.7 Å². The fraction of sp³-hybridized carbons (Fsp3) is 0.261. The number of anilines is 1. The summed E-state index contributed by atoms with van der Waals surface area (Å²) in [5.41, 5.74) is 2.69. The van der Waals surface area contributed by atoms with Gasteiger partial charge in [-0.15, -0.1) is 0 Å². The van der Waals surface area contributed by atoms with E-state index in [0.717, 1.165) is 13.1 Å². The number of rotatable bonds is 4. The lowest BCUT2D eigenvalue weighted by atomic mass is 9.89. The Morgan fingerprint density at radius 1 is 0.897 bits per heavy atom. The van der Waals surface area contributed by atoms with Crippen LogP contribution >= 0.6 is 0 Å². The molecule has 0 saturated carbocycles. The Kier molecular flexibility index (Phi) is 5.03. The highest BCUT2D eigenvalue weighted by Crippen LogP contribution is 2.30. The van der Waals surface area contributed by atoms with Gasteiger partial charge in [0.05, 0.1) is 0 Å². The number of Topliss-reactive ketones (excluding diaryl/α,β-unsaturated/α-hetero) is 3. The predicted molar refractivity (Wildman–Crippen MR) is 111 cm³/mol. The number of piperazine rings is 1. The van der Waals surface area contributed by atoms with E-state index in [9.17, 15) is 14.4 Å². The summed E-state index contributed by atoms with van der Waals surface area (Å²) >= 11 is 0. The molecule has 0 unspecified atom stereocenters. The van der Waals surface area contributed by atoms with Crippen LogP contribution in [0.2, 0.25) is 0 Å². The van der Waals surface area contributed by atoms with Crippen LogP contribution in [-0.2, 0) is 0 Å². The third-order valence-electron chi connectivity index (χ3n) is 5.45. The average Bonchev–Trinajstić information content (AvgIpc) is 2.73. The average molecular weight is 389 g/mol. The molecule has 1 heterocycles. The highest BCUT2D eigenvalue weighted by molar-refractivity contribution is 6.27. The summed E-state index contributed by atoms with van der Waals surface area (Å²) in [6.45, 7) is 4.48. The smallest absolute Gasteiger partial charge is 0.212 e. The largest absolute Gasteiger partial charge is 0.364 e. The summed E-state index contributed by atoms with van der Waals surface area (Å²) in [7, 11) is 2.04. The second-order valence-corrected chi connectivity index (χ2v) is 7.48. The van der Waals surface area contributed by atoms with E-state index in [-0.39, 0.29) is 23.0 Å². The van der Waals surface area contributed by atoms with Gasteiger partial charge < -0.3 is 15.1 Å². The molecule has 1 aliphatic carbocycles. The van der Waals surface area contributed by atoms with E-state index >= 15 is 0 Å². The van der Waals surface area contributed by atoms with Crippen molar-refractivity contribution in [1.82, 2.24) is 9.80 Å². The van der Waals surface area contributed by atoms with Gasteiger partial charge in [-0.05, 0) is 26.1 Å². The molecule has 2 aliphatic rings. The van der Waals surface area contributed by atoms with Crippen LogP contribution in [0.5, 0.6) is 0 Å². The summed E-state index contributed by atoms with van der Waals surface area (Å²) in [5, 5.41) is 3.16. The van der Waals surface area contributed by atoms with Crippen molar-refractivity contribution >= 4 is 23.0 Å². The molecule has 4 rings (SSSR count). The summed E-state index contributed by atoms with van der Waals surface area (Å²) < 4.78 is 0. The first kappa shape index (κ1) is 19.1. The fourth-order valence-electron chi connectivity index (χ4n) is 3.77. The fourth-order valence-corrected chi connectivity index (χ4v) is 3.77. The number of nitrogens with zero attached hydrogens (tertiary/aromatic N) is 2. The molecule has 6 nitrogen and oxygen atoms in total. The molecule has 148 valence electrons. The van der Waals surface area contributed by atoms with Crippen LogP contribution in [-0.4, -0.2) is 60.4 Å². The minimum Gasteiger partial charge on any atom is -0.364 e. The first-order chi connectivity index (χ1) is 14.0. The van der Waals surface area contributed by atoms with E-state index in [1.165, 1.54) is 6.92 Å². The molecule has 2 aromatic rings. The van der Waals surface area contributed by atoms with Gasteiger partial charge >= 0.3 is 0 Å². The Morgan fingerprint density at radius 2 is 1.55 bits per heavy atom. The first-order valence-electron chi connectivity index (χ1n) is 9.70. The number of carbonyl (C=O) groups is 3. The number of benzene rings is 2. The van der Waals surface area contributed by atoms with Crippen LogP contribution in [0.1, 0.15) is 38.0 Å². The lowest BCUT2D eigenvalue weighted by molar-refractivity contribution is 0.0917. The molecule has 1 fully saturated rings. The maximum atomic E-state index is 13.4. The van der Waals surface area contributed by atoms with E-state index < -0.39 is 0 Å². The van der Waals surface area contributed by atoms with Gasteiger partial charge in [0.25, 0.3) is 0 Å². The monoisotopic (exact) mass is 389 g/mol. The number of carbonyl (C=O) groups excluding carboxylic acids is 3. The van der Waals surface area contributed by atoms with Gasteiger partial charge in [-0.25, -0.2) is 0 Å². The summed E-state index contributed by atoms with van der Waals surface area (Å²) in [5.74, 6) is -0.407. The van der Waals surface area contributed by atoms with E-state index in [1.54, 1.807) is 48.5 Å². The zero-order chi connectivity index (χ0) is 20.5. The molecule has 2 aromatic carbocycles. The molecule has 0 radical (unpaired) electrons. The van der Waals surface area contributed by atoms with E-state index in [4.69, 9.17) is 0 Å². The van der Waals surface area contributed by atoms with Crippen molar-refractivity contribution in [3.8, 4) is 0 Å². The lowest BCUT2D eigenvalue weighted by Crippen LogP contribution is -2.47. The Bertz CT molecular complexity index is 1030. The van der Waals surface area contributed by atoms with Gasteiger partial charge in [0.15, 0.2) is 5.78 Å². The zero-order valence-corrected chi connectivity index (χ0v) is 16.6. The van der Waals surface area contributed by atoms with E-state index in [2.05, 4.69) is 10.2 Å². The Balaban J connectivity index is 1.79.